The Morgan fingerprint density at radius 3 is 2.67 bits per heavy atom. The topological polar surface area (TPSA) is 67.9 Å². The molecule has 1 aromatic carbocycles. The van der Waals surface area contributed by atoms with Crippen LogP contribution in [0.3, 0.4) is 0 Å². The summed E-state index contributed by atoms with van der Waals surface area (Å²) in [5.41, 5.74) is 0.507. The molecule has 1 saturated heterocycles. The van der Waals surface area contributed by atoms with E-state index in [1.807, 2.05) is 17.9 Å². The number of rotatable bonds is 7. The lowest BCUT2D eigenvalue weighted by Crippen LogP contribution is -2.47. The van der Waals surface area contributed by atoms with Crippen molar-refractivity contribution < 1.29 is 19.1 Å². The molecule has 6 nitrogen and oxygen atoms in total. The highest BCUT2D eigenvalue weighted by molar-refractivity contribution is 7.80. The number of carbonyl (C=O) groups excluding carboxylic acids is 2. The number of ether oxygens (including phenoxy) is 2. The third kappa shape index (κ3) is 6.50. The number of nitrogens with zero attached hydrogens (tertiary/aromatic N) is 1. The van der Waals surface area contributed by atoms with Crippen molar-refractivity contribution in [2.75, 3.05) is 26.3 Å². The quantitative estimate of drug-likeness (QED) is 0.437. The number of likely N-dealkylation sites (tertiary alicyclic amines) is 1. The maximum absolute atomic E-state index is 12.5. The molecule has 1 aliphatic heterocycles. The Morgan fingerprint density at radius 2 is 2.00 bits per heavy atom. The number of amides is 1. The first kappa shape index (κ1) is 21.2. The molecule has 0 bridgehead atoms. The Morgan fingerprint density at radius 1 is 1.26 bits per heavy atom. The number of thiocarbonyl (C=S) groups is 1. The molecular weight excluding hydrogens is 364 g/mol. The first-order valence-electron chi connectivity index (χ1n) is 9.54. The Bertz CT molecular complexity index is 657. The lowest BCUT2D eigenvalue weighted by Gasteiger charge is -2.32. The van der Waals surface area contributed by atoms with Gasteiger partial charge in [-0.05, 0) is 56.6 Å². The average molecular weight is 393 g/mol. The largest absolute Gasteiger partial charge is 0.494 e. The van der Waals surface area contributed by atoms with E-state index < -0.39 is 0 Å². The highest BCUT2D eigenvalue weighted by Gasteiger charge is 2.27. The molecule has 7 heteroatoms. The maximum Gasteiger partial charge on any atom is 0.309 e. The second kappa shape index (κ2) is 10.9. The fourth-order valence-electron chi connectivity index (χ4n) is 2.89. The summed E-state index contributed by atoms with van der Waals surface area (Å²) in [7, 11) is 0. The predicted molar refractivity (Wildman–Crippen MR) is 108 cm³/mol. The van der Waals surface area contributed by atoms with E-state index in [9.17, 15) is 9.59 Å². The van der Waals surface area contributed by atoms with Crippen LogP contribution in [0.2, 0.25) is 0 Å². The van der Waals surface area contributed by atoms with Crippen LogP contribution in [-0.4, -0.2) is 48.2 Å². The van der Waals surface area contributed by atoms with Crippen LogP contribution in [0.15, 0.2) is 24.3 Å². The third-order valence-electron chi connectivity index (χ3n) is 4.49. The van der Waals surface area contributed by atoms with Crippen LogP contribution < -0.4 is 10.1 Å². The second-order valence-corrected chi connectivity index (χ2v) is 6.89. The van der Waals surface area contributed by atoms with Gasteiger partial charge < -0.3 is 14.4 Å². The van der Waals surface area contributed by atoms with Crippen LogP contribution in [0, 0.1) is 5.92 Å². The van der Waals surface area contributed by atoms with Crippen LogP contribution in [0.4, 0.5) is 0 Å². The number of carbonyl (C=O) groups is 2. The van der Waals surface area contributed by atoms with Crippen molar-refractivity contribution >= 4 is 29.2 Å². The number of nitrogens with one attached hydrogen (secondary N) is 1. The van der Waals surface area contributed by atoms with Crippen molar-refractivity contribution in [2.24, 2.45) is 5.92 Å². The van der Waals surface area contributed by atoms with Crippen LogP contribution >= 0.6 is 12.2 Å². The van der Waals surface area contributed by atoms with Gasteiger partial charge in [0.2, 0.25) is 0 Å². The Labute approximate surface area is 166 Å². The lowest BCUT2D eigenvalue weighted by molar-refractivity contribution is -0.149. The lowest BCUT2D eigenvalue weighted by atomic mass is 9.97. The van der Waals surface area contributed by atoms with Crippen molar-refractivity contribution in [3.8, 4) is 5.75 Å². The molecule has 0 aliphatic carbocycles. The summed E-state index contributed by atoms with van der Waals surface area (Å²) < 4.78 is 10.7. The number of hydrogen-bond acceptors (Lipinski definition) is 5. The molecule has 2 rings (SSSR count). The summed E-state index contributed by atoms with van der Waals surface area (Å²) in [4.78, 5) is 26.2. The fourth-order valence-corrected chi connectivity index (χ4v) is 3.16. The van der Waals surface area contributed by atoms with Gasteiger partial charge in [-0.2, -0.15) is 0 Å². The number of hydrogen-bond donors (Lipinski definition) is 1. The standard InChI is InChI=1S/C20H28N2O4S/c1-3-5-13-26-17-8-6-7-16(14-17)18(23)21-20(27)22-11-9-15(10-12-22)19(24)25-4-2/h6-8,14-15H,3-5,9-13H2,1-2H3,(H,21,23,27). The van der Waals surface area contributed by atoms with Gasteiger partial charge >= 0.3 is 5.97 Å². The van der Waals surface area contributed by atoms with Crippen LogP contribution in [-0.2, 0) is 9.53 Å². The number of piperidine rings is 1. The molecule has 0 unspecified atom stereocenters. The molecule has 148 valence electrons. The summed E-state index contributed by atoms with van der Waals surface area (Å²) >= 11 is 5.37. The molecule has 0 radical (unpaired) electrons. The third-order valence-corrected chi connectivity index (χ3v) is 4.85. The first-order valence-corrected chi connectivity index (χ1v) is 9.95. The van der Waals surface area contributed by atoms with Gasteiger partial charge in [0.1, 0.15) is 5.75 Å². The Hall–Kier alpha value is -2.15. The molecule has 1 fully saturated rings. The number of unbranched alkanes of at least 4 members (excludes halogenated alkanes) is 1. The smallest absolute Gasteiger partial charge is 0.309 e. The van der Waals surface area contributed by atoms with E-state index in [4.69, 9.17) is 21.7 Å². The monoisotopic (exact) mass is 392 g/mol. The first-order chi connectivity index (χ1) is 13.0. The SMILES string of the molecule is CCCCOc1cccc(C(=O)NC(=S)N2CCC(C(=O)OCC)CC2)c1. The highest BCUT2D eigenvalue weighted by Crippen LogP contribution is 2.19. The van der Waals surface area contributed by atoms with Crippen molar-refractivity contribution in [1.82, 2.24) is 10.2 Å². The van der Waals surface area contributed by atoms with E-state index >= 15 is 0 Å². The number of benzene rings is 1. The summed E-state index contributed by atoms with van der Waals surface area (Å²) in [6.45, 7) is 6.20. The van der Waals surface area contributed by atoms with Gasteiger partial charge in [-0.1, -0.05) is 19.4 Å². The molecule has 0 saturated carbocycles. The average Bonchev–Trinajstić information content (AvgIpc) is 2.68. The van der Waals surface area contributed by atoms with Gasteiger partial charge in [0.05, 0.1) is 19.1 Å². The molecular formula is C20H28N2O4S. The van der Waals surface area contributed by atoms with Gasteiger partial charge in [0.25, 0.3) is 5.91 Å². The molecule has 1 amide bonds. The molecule has 0 atom stereocenters. The molecule has 0 spiro atoms. The molecule has 1 aliphatic rings. The Balaban J connectivity index is 1.84. The van der Waals surface area contributed by atoms with Crippen molar-refractivity contribution in [1.29, 1.82) is 0 Å². The summed E-state index contributed by atoms with van der Waals surface area (Å²) in [5.74, 6) is 0.189. The highest BCUT2D eigenvalue weighted by atomic mass is 32.1. The van der Waals surface area contributed by atoms with Crippen LogP contribution in [0.25, 0.3) is 0 Å². The predicted octanol–water partition coefficient (Wildman–Crippen LogP) is 3.16. The fraction of sp³-hybridized carbons (Fsp3) is 0.550. The maximum atomic E-state index is 12.5. The van der Waals surface area contributed by atoms with Gasteiger partial charge in [0.15, 0.2) is 5.11 Å². The minimum absolute atomic E-state index is 0.0864. The Kier molecular flexibility index (Phi) is 8.51. The zero-order chi connectivity index (χ0) is 19.6. The molecule has 0 aromatic heterocycles. The zero-order valence-electron chi connectivity index (χ0n) is 16.0. The molecule has 1 aromatic rings. The minimum atomic E-state index is -0.256. The van der Waals surface area contributed by atoms with E-state index in [1.54, 1.807) is 18.2 Å². The van der Waals surface area contributed by atoms with E-state index in [0.29, 0.717) is 55.6 Å². The van der Waals surface area contributed by atoms with Crippen molar-refractivity contribution in [2.45, 2.75) is 39.5 Å². The van der Waals surface area contributed by atoms with E-state index in [-0.39, 0.29) is 17.8 Å². The number of esters is 1. The van der Waals surface area contributed by atoms with Crippen LogP contribution in [0.1, 0.15) is 49.9 Å². The normalized spacial score (nSPS) is 14.5. The van der Waals surface area contributed by atoms with Crippen molar-refractivity contribution in [3.05, 3.63) is 29.8 Å². The van der Waals surface area contributed by atoms with E-state index in [2.05, 4.69) is 12.2 Å². The van der Waals surface area contributed by atoms with Crippen molar-refractivity contribution in [3.63, 3.8) is 0 Å². The molecule has 1 heterocycles. The van der Waals surface area contributed by atoms with Gasteiger partial charge in [0, 0.05) is 18.7 Å². The summed E-state index contributed by atoms with van der Waals surface area (Å²) in [5, 5.41) is 3.16. The summed E-state index contributed by atoms with van der Waals surface area (Å²) in [6.07, 6.45) is 3.38. The van der Waals surface area contributed by atoms with Crippen LogP contribution in [0.5, 0.6) is 5.75 Å². The summed E-state index contributed by atoms with van der Waals surface area (Å²) in [6, 6.07) is 7.09. The van der Waals surface area contributed by atoms with Gasteiger partial charge in [-0.25, -0.2) is 0 Å². The molecule has 27 heavy (non-hydrogen) atoms. The van der Waals surface area contributed by atoms with Gasteiger partial charge in [-0.3, -0.25) is 14.9 Å². The van der Waals surface area contributed by atoms with E-state index in [1.165, 1.54) is 0 Å². The van der Waals surface area contributed by atoms with Gasteiger partial charge in [-0.15, -0.1) is 0 Å². The zero-order valence-corrected chi connectivity index (χ0v) is 16.8. The minimum Gasteiger partial charge on any atom is -0.494 e. The van der Waals surface area contributed by atoms with E-state index in [0.717, 1.165) is 12.8 Å². The molecule has 1 N–H and O–H groups in total. The second-order valence-electron chi connectivity index (χ2n) is 6.50.